The van der Waals surface area contributed by atoms with Crippen LogP contribution in [-0.4, -0.2) is 71.0 Å². The maximum absolute atomic E-state index is 10.8. The van der Waals surface area contributed by atoms with E-state index in [0.29, 0.717) is 0 Å². The third-order valence-electron chi connectivity index (χ3n) is 1.95. The Bertz CT molecular complexity index is 228. The van der Waals surface area contributed by atoms with Crippen LogP contribution in [0.15, 0.2) is 0 Å². The number of carboxylic acid groups (broad SMARTS) is 1. The molecule has 0 bridgehead atoms. The average Bonchev–Trinajstić information content (AvgIpc) is 2.16. The Morgan fingerprint density at radius 2 is 1.75 bits per heavy atom. The highest BCUT2D eigenvalue weighted by molar-refractivity contribution is 5.82. The van der Waals surface area contributed by atoms with Crippen molar-refractivity contribution in [3.05, 3.63) is 0 Å². The molecule has 0 aliphatic heterocycles. The molecule has 0 fully saturated rings. The molecule has 94 valence electrons. The van der Waals surface area contributed by atoms with Gasteiger partial charge in [0.2, 0.25) is 5.91 Å². The van der Waals surface area contributed by atoms with Crippen molar-refractivity contribution in [1.82, 2.24) is 10.2 Å². The predicted octanol–water partition coefficient (Wildman–Crippen LogP) is -2.14. The molecule has 0 heterocycles. The molecule has 0 aliphatic carbocycles. The number of aliphatic carboxylic acids is 1. The number of hydrogen-bond acceptors (Lipinski definition) is 5. The zero-order valence-corrected chi connectivity index (χ0v) is 9.22. The van der Waals surface area contributed by atoms with Crippen molar-refractivity contribution in [2.24, 2.45) is 0 Å². The predicted molar refractivity (Wildman–Crippen MR) is 55.9 cm³/mol. The first-order chi connectivity index (χ1) is 7.51. The van der Waals surface area contributed by atoms with Crippen LogP contribution in [0.2, 0.25) is 0 Å². The molecule has 0 saturated heterocycles. The third-order valence-corrected chi connectivity index (χ3v) is 1.95. The molecule has 16 heavy (non-hydrogen) atoms. The summed E-state index contributed by atoms with van der Waals surface area (Å²) in [7, 11) is 0. The Kier molecular flexibility index (Phi) is 7.44. The smallest absolute Gasteiger partial charge is 0.327 e. The van der Waals surface area contributed by atoms with Crippen LogP contribution in [0.3, 0.4) is 0 Å². The average molecular weight is 234 g/mol. The van der Waals surface area contributed by atoms with Gasteiger partial charge < -0.3 is 20.6 Å². The topological polar surface area (TPSA) is 110 Å². The molecule has 0 aromatic heterocycles. The normalized spacial score (nSPS) is 12.5. The molecule has 1 unspecified atom stereocenters. The van der Waals surface area contributed by atoms with E-state index in [-0.39, 0.29) is 32.8 Å². The van der Waals surface area contributed by atoms with Crippen molar-refractivity contribution >= 4 is 11.9 Å². The Morgan fingerprint density at radius 3 is 2.06 bits per heavy atom. The number of aliphatic hydroxyl groups excluding tert-OH is 2. The van der Waals surface area contributed by atoms with Gasteiger partial charge >= 0.3 is 5.97 Å². The fraction of sp³-hybridized carbons (Fsp3) is 0.778. The summed E-state index contributed by atoms with van der Waals surface area (Å²) in [6.07, 6.45) is 0. The van der Waals surface area contributed by atoms with Crippen LogP contribution in [0, 0.1) is 0 Å². The summed E-state index contributed by atoms with van der Waals surface area (Å²) in [5, 5.41) is 28.6. The van der Waals surface area contributed by atoms with Gasteiger partial charge in [0.1, 0.15) is 6.04 Å². The van der Waals surface area contributed by atoms with Gasteiger partial charge in [0.05, 0.1) is 13.2 Å². The van der Waals surface area contributed by atoms with Gasteiger partial charge in [-0.1, -0.05) is 0 Å². The zero-order chi connectivity index (χ0) is 12.6. The Balaban J connectivity index is 4.31. The van der Waals surface area contributed by atoms with Crippen LogP contribution < -0.4 is 5.32 Å². The summed E-state index contributed by atoms with van der Waals surface area (Å²) in [4.78, 5) is 23.1. The lowest BCUT2D eigenvalue weighted by molar-refractivity contribution is -0.142. The maximum Gasteiger partial charge on any atom is 0.327 e. The molecule has 0 spiro atoms. The Morgan fingerprint density at radius 1 is 1.25 bits per heavy atom. The highest BCUT2D eigenvalue weighted by atomic mass is 16.4. The fourth-order valence-electron chi connectivity index (χ4n) is 1.27. The van der Waals surface area contributed by atoms with Crippen LogP contribution in [0.4, 0.5) is 0 Å². The van der Waals surface area contributed by atoms with Gasteiger partial charge in [0.25, 0.3) is 0 Å². The Labute approximate surface area is 93.7 Å². The highest BCUT2D eigenvalue weighted by Gasteiger charge is 2.21. The molecular formula is C9H18N2O5. The number of amides is 1. The first-order valence-corrected chi connectivity index (χ1v) is 4.95. The fourth-order valence-corrected chi connectivity index (χ4v) is 1.27. The van der Waals surface area contributed by atoms with Crippen LogP contribution in [0.5, 0.6) is 0 Å². The number of nitrogens with one attached hydrogen (secondary N) is 1. The molecule has 1 atom stereocenters. The summed E-state index contributed by atoms with van der Waals surface area (Å²) in [6, 6.07) is -1.03. The lowest BCUT2D eigenvalue weighted by Gasteiger charge is -2.24. The van der Waals surface area contributed by atoms with E-state index >= 15 is 0 Å². The number of carbonyl (C=O) groups is 2. The molecule has 0 aromatic rings. The van der Waals surface area contributed by atoms with Crippen LogP contribution in [0.25, 0.3) is 0 Å². The minimum absolute atomic E-state index is 0.0516. The van der Waals surface area contributed by atoms with Gasteiger partial charge in [-0.15, -0.1) is 0 Å². The monoisotopic (exact) mass is 234 g/mol. The van der Waals surface area contributed by atoms with E-state index < -0.39 is 17.9 Å². The minimum Gasteiger partial charge on any atom is -0.480 e. The molecule has 0 rings (SSSR count). The first kappa shape index (κ1) is 14.8. The van der Waals surface area contributed by atoms with Crippen molar-refractivity contribution in [2.75, 3.05) is 32.8 Å². The molecule has 7 heteroatoms. The van der Waals surface area contributed by atoms with Crippen LogP contribution in [-0.2, 0) is 9.59 Å². The molecule has 0 aliphatic rings. The molecule has 0 radical (unpaired) electrons. The van der Waals surface area contributed by atoms with Crippen molar-refractivity contribution in [2.45, 2.75) is 13.0 Å². The maximum atomic E-state index is 10.8. The molecule has 7 nitrogen and oxygen atoms in total. The summed E-state index contributed by atoms with van der Waals surface area (Å²) in [5.41, 5.74) is 0. The van der Waals surface area contributed by atoms with E-state index in [4.69, 9.17) is 15.3 Å². The van der Waals surface area contributed by atoms with Crippen LogP contribution >= 0.6 is 0 Å². The number of hydrogen-bond donors (Lipinski definition) is 4. The third kappa shape index (κ3) is 6.33. The number of carboxylic acids is 1. The van der Waals surface area contributed by atoms with E-state index in [9.17, 15) is 9.59 Å². The van der Waals surface area contributed by atoms with Gasteiger partial charge in [0, 0.05) is 26.6 Å². The number of carbonyl (C=O) groups excluding carboxylic acids is 1. The second kappa shape index (κ2) is 8.03. The highest BCUT2D eigenvalue weighted by Crippen LogP contribution is 1.93. The Hall–Kier alpha value is -1.18. The summed E-state index contributed by atoms with van der Waals surface area (Å²) in [5.74, 6) is -1.57. The minimum atomic E-state index is -1.14. The summed E-state index contributed by atoms with van der Waals surface area (Å²) in [6.45, 7) is 1.53. The second-order valence-corrected chi connectivity index (χ2v) is 3.34. The van der Waals surface area contributed by atoms with Gasteiger partial charge in [-0.05, 0) is 0 Å². The number of rotatable bonds is 8. The zero-order valence-electron chi connectivity index (χ0n) is 9.22. The van der Waals surface area contributed by atoms with E-state index in [1.165, 1.54) is 6.92 Å². The van der Waals surface area contributed by atoms with Gasteiger partial charge in [-0.2, -0.15) is 0 Å². The molecule has 4 N–H and O–H groups in total. The lowest BCUT2D eigenvalue weighted by atomic mass is 10.2. The van der Waals surface area contributed by atoms with Gasteiger partial charge in [-0.25, -0.2) is 4.79 Å². The lowest BCUT2D eigenvalue weighted by Crippen LogP contribution is -2.49. The molecule has 0 saturated carbocycles. The summed E-state index contributed by atoms with van der Waals surface area (Å²) >= 11 is 0. The SMILES string of the molecule is CC(=O)NC(CN(CCO)CCO)C(=O)O. The largest absolute Gasteiger partial charge is 0.480 e. The summed E-state index contributed by atoms with van der Waals surface area (Å²) < 4.78 is 0. The van der Waals surface area contributed by atoms with E-state index in [1.807, 2.05) is 0 Å². The molecule has 1 amide bonds. The number of aliphatic hydroxyl groups is 2. The van der Waals surface area contributed by atoms with Crippen molar-refractivity contribution < 1.29 is 24.9 Å². The van der Waals surface area contributed by atoms with E-state index in [1.54, 1.807) is 4.90 Å². The van der Waals surface area contributed by atoms with Crippen LogP contribution in [0.1, 0.15) is 6.92 Å². The van der Waals surface area contributed by atoms with E-state index in [0.717, 1.165) is 0 Å². The van der Waals surface area contributed by atoms with Crippen molar-refractivity contribution in [1.29, 1.82) is 0 Å². The molecule has 0 aromatic carbocycles. The van der Waals surface area contributed by atoms with E-state index in [2.05, 4.69) is 5.32 Å². The second-order valence-electron chi connectivity index (χ2n) is 3.34. The first-order valence-electron chi connectivity index (χ1n) is 4.95. The molecular weight excluding hydrogens is 216 g/mol. The van der Waals surface area contributed by atoms with Gasteiger partial charge in [-0.3, -0.25) is 9.69 Å². The van der Waals surface area contributed by atoms with Crippen molar-refractivity contribution in [3.8, 4) is 0 Å². The standard InChI is InChI=1S/C9H18N2O5/c1-7(14)10-8(9(15)16)6-11(2-4-12)3-5-13/h8,12-13H,2-6H2,1H3,(H,10,14)(H,15,16). The van der Waals surface area contributed by atoms with Gasteiger partial charge in [0.15, 0.2) is 0 Å². The van der Waals surface area contributed by atoms with Crippen molar-refractivity contribution in [3.63, 3.8) is 0 Å². The quantitative estimate of drug-likeness (QED) is 0.381. The number of nitrogens with zero attached hydrogens (tertiary/aromatic N) is 1.